The smallest absolute Gasteiger partial charge is 0.191 e. The van der Waals surface area contributed by atoms with Gasteiger partial charge >= 0.3 is 0 Å². The molecule has 0 spiro atoms. The lowest BCUT2D eigenvalue weighted by Gasteiger charge is -2.26. The SMILES string of the molecule is CCNC(=NCc1cccc(OCCN2CCOCC2)c1)NC(C)CC. The molecular formula is C20H34N4O2. The van der Waals surface area contributed by atoms with Crippen LogP contribution in [0.3, 0.4) is 0 Å². The lowest BCUT2D eigenvalue weighted by Crippen LogP contribution is -2.41. The molecule has 1 unspecified atom stereocenters. The van der Waals surface area contributed by atoms with E-state index in [9.17, 15) is 0 Å². The minimum absolute atomic E-state index is 0.405. The number of morpholine rings is 1. The van der Waals surface area contributed by atoms with Crippen LogP contribution in [-0.2, 0) is 11.3 Å². The summed E-state index contributed by atoms with van der Waals surface area (Å²) in [4.78, 5) is 7.06. The van der Waals surface area contributed by atoms with Gasteiger partial charge in [0.2, 0.25) is 0 Å². The van der Waals surface area contributed by atoms with E-state index in [0.717, 1.165) is 63.1 Å². The van der Waals surface area contributed by atoms with Gasteiger partial charge in [0.05, 0.1) is 19.8 Å². The van der Waals surface area contributed by atoms with Gasteiger partial charge in [-0.25, -0.2) is 4.99 Å². The van der Waals surface area contributed by atoms with Crippen molar-refractivity contribution in [2.45, 2.75) is 39.8 Å². The molecule has 0 aliphatic carbocycles. The van der Waals surface area contributed by atoms with Crippen LogP contribution in [0.15, 0.2) is 29.3 Å². The fourth-order valence-electron chi connectivity index (χ4n) is 2.68. The van der Waals surface area contributed by atoms with Crippen LogP contribution in [0.25, 0.3) is 0 Å². The first-order valence-corrected chi connectivity index (χ1v) is 9.78. The van der Waals surface area contributed by atoms with Gasteiger partial charge in [-0.1, -0.05) is 19.1 Å². The summed E-state index contributed by atoms with van der Waals surface area (Å²) in [6.45, 7) is 13.2. The Morgan fingerprint density at radius 2 is 2.12 bits per heavy atom. The molecule has 1 fully saturated rings. The number of benzene rings is 1. The summed E-state index contributed by atoms with van der Waals surface area (Å²) in [5.41, 5.74) is 1.15. The summed E-state index contributed by atoms with van der Waals surface area (Å²) in [5.74, 6) is 1.77. The van der Waals surface area contributed by atoms with Crippen LogP contribution in [0.4, 0.5) is 0 Å². The van der Waals surface area contributed by atoms with Gasteiger partial charge in [0.1, 0.15) is 12.4 Å². The Bertz CT molecular complexity index is 544. The van der Waals surface area contributed by atoms with Gasteiger partial charge in [-0.15, -0.1) is 0 Å². The van der Waals surface area contributed by atoms with Crippen LogP contribution in [0.1, 0.15) is 32.8 Å². The van der Waals surface area contributed by atoms with Gasteiger partial charge in [0.25, 0.3) is 0 Å². The second-order valence-electron chi connectivity index (χ2n) is 6.60. The third kappa shape index (κ3) is 7.62. The Morgan fingerprint density at radius 3 is 2.85 bits per heavy atom. The first-order valence-electron chi connectivity index (χ1n) is 9.78. The second kappa shape index (κ2) is 11.8. The average molecular weight is 363 g/mol. The summed E-state index contributed by atoms with van der Waals surface area (Å²) in [7, 11) is 0. The zero-order chi connectivity index (χ0) is 18.6. The Kier molecular flexibility index (Phi) is 9.28. The van der Waals surface area contributed by atoms with Crippen molar-refractivity contribution in [3.05, 3.63) is 29.8 Å². The van der Waals surface area contributed by atoms with Crippen LogP contribution >= 0.6 is 0 Å². The van der Waals surface area contributed by atoms with Crippen LogP contribution in [0.2, 0.25) is 0 Å². The number of hydrogen-bond acceptors (Lipinski definition) is 4. The van der Waals surface area contributed by atoms with Crippen molar-refractivity contribution in [1.82, 2.24) is 15.5 Å². The van der Waals surface area contributed by atoms with Gasteiger partial charge in [-0.2, -0.15) is 0 Å². The normalized spacial score (nSPS) is 17.0. The third-order valence-corrected chi connectivity index (χ3v) is 4.44. The lowest BCUT2D eigenvalue weighted by molar-refractivity contribution is 0.0322. The average Bonchev–Trinajstić information content (AvgIpc) is 2.67. The maximum atomic E-state index is 5.92. The van der Waals surface area contributed by atoms with Crippen LogP contribution < -0.4 is 15.4 Å². The van der Waals surface area contributed by atoms with Crippen molar-refractivity contribution in [3.63, 3.8) is 0 Å². The molecule has 0 saturated carbocycles. The molecule has 1 aliphatic heterocycles. The summed E-state index contributed by atoms with van der Waals surface area (Å²) in [5, 5.41) is 6.71. The number of rotatable bonds is 9. The molecular weight excluding hydrogens is 328 g/mol. The van der Waals surface area contributed by atoms with Crippen molar-refractivity contribution < 1.29 is 9.47 Å². The molecule has 2 N–H and O–H groups in total. The summed E-state index contributed by atoms with van der Waals surface area (Å²) < 4.78 is 11.3. The Hall–Kier alpha value is -1.79. The molecule has 0 amide bonds. The van der Waals surface area contributed by atoms with Crippen LogP contribution in [0.5, 0.6) is 5.75 Å². The van der Waals surface area contributed by atoms with Crippen LogP contribution in [0, 0.1) is 0 Å². The molecule has 6 nitrogen and oxygen atoms in total. The van der Waals surface area contributed by atoms with E-state index in [2.05, 4.69) is 53.4 Å². The standard InChI is InChI=1S/C20H34N4O2/c1-4-17(3)23-20(21-5-2)22-16-18-7-6-8-19(15-18)26-14-11-24-9-12-25-13-10-24/h6-8,15,17H,4-5,9-14,16H2,1-3H3,(H2,21,22,23). The van der Waals surface area contributed by atoms with Crippen LogP contribution in [-0.4, -0.2) is 62.9 Å². The summed E-state index contributed by atoms with van der Waals surface area (Å²) in [6.07, 6.45) is 1.07. The minimum atomic E-state index is 0.405. The number of nitrogens with zero attached hydrogens (tertiary/aromatic N) is 2. The van der Waals surface area contributed by atoms with Crippen molar-refractivity contribution in [2.75, 3.05) is 46.0 Å². The quantitative estimate of drug-likeness (QED) is 0.521. The fourth-order valence-corrected chi connectivity index (χ4v) is 2.68. The maximum absolute atomic E-state index is 5.92. The molecule has 1 atom stereocenters. The highest BCUT2D eigenvalue weighted by Crippen LogP contribution is 2.14. The molecule has 0 bridgehead atoms. The number of ether oxygens (including phenoxy) is 2. The number of aliphatic imine (C=N–C) groups is 1. The molecule has 2 rings (SSSR count). The highest BCUT2D eigenvalue weighted by atomic mass is 16.5. The van der Waals surface area contributed by atoms with Gasteiger partial charge < -0.3 is 20.1 Å². The number of guanidine groups is 1. The first-order chi connectivity index (χ1) is 12.7. The molecule has 1 aliphatic rings. The molecule has 1 heterocycles. The largest absolute Gasteiger partial charge is 0.492 e. The Labute approximate surface area is 158 Å². The lowest BCUT2D eigenvalue weighted by atomic mass is 10.2. The predicted molar refractivity (Wildman–Crippen MR) is 107 cm³/mol. The molecule has 146 valence electrons. The molecule has 1 aromatic carbocycles. The molecule has 0 aromatic heterocycles. The third-order valence-electron chi connectivity index (χ3n) is 4.44. The van der Waals surface area contributed by atoms with E-state index in [1.165, 1.54) is 0 Å². The zero-order valence-corrected chi connectivity index (χ0v) is 16.5. The van der Waals surface area contributed by atoms with Gasteiger partial charge in [-0.05, 0) is 38.0 Å². The molecule has 26 heavy (non-hydrogen) atoms. The minimum Gasteiger partial charge on any atom is -0.492 e. The van der Waals surface area contributed by atoms with E-state index in [1.54, 1.807) is 0 Å². The van der Waals surface area contributed by atoms with E-state index in [4.69, 9.17) is 9.47 Å². The predicted octanol–water partition coefficient (Wildman–Crippen LogP) is 2.25. The topological polar surface area (TPSA) is 58.1 Å². The second-order valence-corrected chi connectivity index (χ2v) is 6.60. The monoisotopic (exact) mass is 362 g/mol. The highest BCUT2D eigenvalue weighted by molar-refractivity contribution is 5.80. The molecule has 1 aromatic rings. The zero-order valence-electron chi connectivity index (χ0n) is 16.5. The number of nitrogens with one attached hydrogen (secondary N) is 2. The Morgan fingerprint density at radius 1 is 1.31 bits per heavy atom. The van der Waals surface area contributed by atoms with Crippen molar-refractivity contribution >= 4 is 5.96 Å². The van der Waals surface area contributed by atoms with Gasteiger partial charge in [-0.3, -0.25) is 4.90 Å². The fraction of sp³-hybridized carbons (Fsp3) is 0.650. The van der Waals surface area contributed by atoms with Crippen molar-refractivity contribution in [3.8, 4) is 5.75 Å². The summed E-state index contributed by atoms with van der Waals surface area (Å²) >= 11 is 0. The van der Waals surface area contributed by atoms with Gasteiger partial charge in [0, 0.05) is 32.2 Å². The van der Waals surface area contributed by atoms with E-state index in [0.29, 0.717) is 19.2 Å². The number of hydrogen-bond donors (Lipinski definition) is 2. The van der Waals surface area contributed by atoms with E-state index in [-0.39, 0.29) is 0 Å². The molecule has 1 saturated heterocycles. The Balaban J connectivity index is 1.83. The first kappa shape index (κ1) is 20.5. The van der Waals surface area contributed by atoms with Crippen molar-refractivity contribution in [2.24, 2.45) is 4.99 Å². The van der Waals surface area contributed by atoms with Crippen molar-refractivity contribution in [1.29, 1.82) is 0 Å². The van der Waals surface area contributed by atoms with Gasteiger partial charge in [0.15, 0.2) is 5.96 Å². The summed E-state index contributed by atoms with van der Waals surface area (Å²) in [6, 6.07) is 8.61. The molecule has 0 radical (unpaired) electrons. The molecule has 6 heteroatoms. The van der Waals surface area contributed by atoms with E-state index in [1.807, 2.05) is 12.1 Å². The highest BCUT2D eigenvalue weighted by Gasteiger charge is 2.09. The maximum Gasteiger partial charge on any atom is 0.191 e. The van der Waals surface area contributed by atoms with E-state index < -0.39 is 0 Å². The van der Waals surface area contributed by atoms with E-state index >= 15 is 0 Å².